The highest BCUT2D eigenvalue weighted by atomic mass is 28.2. The first-order chi connectivity index (χ1) is 7.61. The summed E-state index contributed by atoms with van der Waals surface area (Å²) >= 11 is 0. The van der Waals surface area contributed by atoms with Gasteiger partial charge in [-0.05, 0) is 19.8 Å². The van der Waals surface area contributed by atoms with E-state index in [0.29, 0.717) is 5.57 Å². The van der Waals surface area contributed by atoms with Crippen molar-refractivity contribution in [1.82, 2.24) is 0 Å². The van der Waals surface area contributed by atoms with Crippen LogP contribution in [0.1, 0.15) is 40.0 Å². The smallest absolute Gasteiger partial charge is 0.333 e. The van der Waals surface area contributed by atoms with Crippen LogP contribution in [0, 0.1) is 0 Å². The van der Waals surface area contributed by atoms with Crippen LogP contribution in [0.5, 0.6) is 0 Å². The number of carbonyl (C=O) groups is 1. The summed E-state index contributed by atoms with van der Waals surface area (Å²) in [6, 6.07) is 0. The van der Waals surface area contributed by atoms with Crippen molar-refractivity contribution in [2.24, 2.45) is 0 Å². The first kappa shape index (κ1) is 15.4. The summed E-state index contributed by atoms with van der Waals surface area (Å²) in [7, 11) is -0.484. The second-order valence-electron chi connectivity index (χ2n) is 3.97. The number of esters is 1. The van der Waals surface area contributed by atoms with E-state index < -0.39 is 9.52 Å². The molecule has 0 aliphatic rings. The van der Waals surface area contributed by atoms with Gasteiger partial charge in [0, 0.05) is 18.4 Å². The molecule has 0 spiro atoms. The lowest BCUT2D eigenvalue weighted by Gasteiger charge is -2.15. The van der Waals surface area contributed by atoms with Crippen molar-refractivity contribution in [1.29, 1.82) is 0 Å². The van der Waals surface area contributed by atoms with Crippen molar-refractivity contribution >= 4 is 15.5 Å². The summed E-state index contributed by atoms with van der Waals surface area (Å²) in [5, 5.41) is 0. The molecule has 0 rings (SSSR count). The molecule has 0 aliphatic heterocycles. The molecule has 0 aromatic carbocycles. The Kier molecular flexibility index (Phi) is 9.23. The third-order valence-electron chi connectivity index (χ3n) is 2.30. The van der Waals surface area contributed by atoms with E-state index in [4.69, 9.17) is 9.47 Å². The molecule has 0 N–H and O–H groups in total. The molecular weight excluding hydrogens is 220 g/mol. The van der Waals surface area contributed by atoms with Crippen molar-refractivity contribution in [3.63, 3.8) is 0 Å². The minimum Gasteiger partial charge on any atom is -0.464 e. The van der Waals surface area contributed by atoms with Crippen LogP contribution in [0.3, 0.4) is 0 Å². The lowest BCUT2D eigenvalue weighted by atomic mass is 10.4. The molecule has 0 amide bonds. The van der Waals surface area contributed by atoms with Crippen LogP contribution in [0.15, 0.2) is 12.2 Å². The Morgan fingerprint density at radius 3 is 2.62 bits per heavy atom. The second kappa shape index (κ2) is 9.60. The minimum absolute atomic E-state index is 0.0887. The van der Waals surface area contributed by atoms with Gasteiger partial charge < -0.3 is 9.47 Å². The van der Waals surface area contributed by atoms with Gasteiger partial charge in [0.05, 0.1) is 5.73 Å². The van der Waals surface area contributed by atoms with E-state index >= 15 is 0 Å². The van der Waals surface area contributed by atoms with Crippen LogP contribution in [-0.2, 0) is 14.3 Å². The summed E-state index contributed by atoms with van der Waals surface area (Å²) in [6.45, 7) is 10.3. The standard InChI is InChI=1S/C12H24O3Si/c1-5-7-8-14-9-16-11(6-2)15-12(13)10(3)4/h11H,3,5-9,16H2,1-2,4H3. The highest BCUT2D eigenvalue weighted by Gasteiger charge is 2.13. The monoisotopic (exact) mass is 244 g/mol. The predicted molar refractivity (Wildman–Crippen MR) is 69.3 cm³/mol. The van der Waals surface area contributed by atoms with Crippen molar-refractivity contribution in [3.05, 3.63) is 12.2 Å². The van der Waals surface area contributed by atoms with E-state index in [9.17, 15) is 4.79 Å². The molecule has 0 saturated heterocycles. The minimum atomic E-state index is -0.484. The summed E-state index contributed by atoms with van der Waals surface area (Å²) < 4.78 is 10.8. The van der Waals surface area contributed by atoms with Gasteiger partial charge in [-0.2, -0.15) is 0 Å². The van der Waals surface area contributed by atoms with Gasteiger partial charge >= 0.3 is 5.97 Å². The molecule has 1 atom stereocenters. The van der Waals surface area contributed by atoms with E-state index in [2.05, 4.69) is 13.5 Å². The van der Waals surface area contributed by atoms with Crippen molar-refractivity contribution < 1.29 is 14.3 Å². The molecule has 16 heavy (non-hydrogen) atoms. The molecule has 0 aromatic rings. The highest BCUT2D eigenvalue weighted by molar-refractivity contribution is 6.37. The zero-order valence-corrected chi connectivity index (χ0v) is 12.2. The molecule has 94 valence electrons. The first-order valence-corrected chi connectivity index (χ1v) is 7.87. The summed E-state index contributed by atoms with van der Waals surface area (Å²) in [4.78, 5) is 11.3. The summed E-state index contributed by atoms with van der Waals surface area (Å²) in [6.07, 6.45) is 3.94. The number of ether oxygens (including phenoxy) is 2. The molecule has 0 bridgehead atoms. The average molecular weight is 244 g/mol. The fraction of sp³-hybridized carbons (Fsp3) is 0.750. The third kappa shape index (κ3) is 7.65. The molecule has 3 nitrogen and oxygen atoms in total. The molecule has 0 fully saturated rings. The number of hydrogen-bond donors (Lipinski definition) is 0. The molecular formula is C12H24O3Si. The van der Waals surface area contributed by atoms with Crippen LogP contribution >= 0.6 is 0 Å². The van der Waals surface area contributed by atoms with E-state index in [1.807, 2.05) is 6.92 Å². The van der Waals surface area contributed by atoms with E-state index in [1.165, 1.54) is 0 Å². The zero-order valence-electron chi connectivity index (χ0n) is 10.8. The Morgan fingerprint density at radius 2 is 2.12 bits per heavy atom. The van der Waals surface area contributed by atoms with E-state index in [-0.39, 0.29) is 11.7 Å². The highest BCUT2D eigenvalue weighted by Crippen LogP contribution is 2.01. The average Bonchev–Trinajstić information content (AvgIpc) is 2.26. The molecule has 0 heterocycles. The van der Waals surface area contributed by atoms with Gasteiger partial charge in [0.1, 0.15) is 9.52 Å². The van der Waals surface area contributed by atoms with Crippen LogP contribution in [0.4, 0.5) is 0 Å². The maximum absolute atomic E-state index is 11.3. The zero-order chi connectivity index (χ0) is 12.4. The lowest BCUT2D eigenvalue weighted by molar-refractivity contribution is -0.140. The Balaban J connectivity index is 3.67. The Labute approximate surface area is 101 Å². The van der Waals surface area contributed by atoms with Gasteiger partial charge in [-0.15, -0.1) is 0 Å². The maximum atomic E-state index is 11.3. The van der Waals surface area contributed by atoms with Gasteiger partial charge in [-0.1, -0.05) is 26.8 Å². The normalized spacial score (nSPS) is 12.9. The Bertz CT molecular complexity index is 216. The van der Waals surface area contributed by atoms with Gasteiger partial charge in [0.15, 0.2) is 0 Å². The number of carbonyl (C=O) groups excluding carboxylic acids is 1. The molecule has 1 unspecified atom stereocenters. The fourth-order valence-electron chi connectivity index (χ4n) is 1.16. The van der Waals surface area contributed by atoms with Crippen molar-refractivity contribution in [3.8, 4) is 0 Å². The second-order valence-corrected chi connectivity index (χ2v) is 5.87. The summed E-state index contributed by atoms with van der Waals surface area (Å²) in [5.41, 5.74) is 0.560. The Hall–Kier alpha value is -0.613. The van der Waals surface area contributed by atoms with Crippen LogP contribution in [-0.4, -0.2) is 34.1 Å². The van der Waals surface area contributed by atoms with Crippen LogP contribution < -0.4 is 0 Å². The van der Waals surface area contributed by atoms with Gasteiger partial charge in [-0.25, -0.2) is 4.79 Å². The molecule has 4 heteroatoms. The van der Waals surface area contributed by atoms with Gasteiger partial charge in [0.25, 0.3) is 0 Å². The van der Waals surface area contributed by atoms with E-state index in [0.717, 1.165) is 32.1 Å². The first-order valence-electron chi connectivity index (χ1n) is 6.06. The molecule has 0 aliphatic carbocycles. The van der Waals surface area contributed by atoms with Crippen molar-refractivity contribution in [2.45, 2.75) is 45.8 Å². The molecule has 0 aromatic heterocycles. The number of unbranched alkanes of at least 4 members (excludes halogenated alkanes) is 1. The Morgan fingerprint density at radius 1 is 1.44 bits per heavy atom. The molecule has 0 radical (unpaired) electrons. The maximum Gasteiger partial charge on any atom is 0.333 e. The summed E-state index contributed by atoms with van der Waals surface area (Å²) in [5.74, 6) is -0.270. The van der Waals surface area contributed by atoms with E-state index in [1.54, 1.807) is 6.92 Å². The SMILES string of the molecule is C=C(C)C(=O)OC(CC)[SiH2]COCCCC. The predicted octanol–water partition coefficient (Wildman–Crippen LogP) is 1.78. The number of rotatable bonds is 9. The lowest BCUT2D eigenvalue weighted by Crippen LogP contribution is -2.27. The van der Waals surface area contributed by atoms with Gasteiger partial charge in [0.2, 0.25) is 0 Å². The van der Waals surface area contributed by atoms with Crippen LogP contribution in [0.25, 0.3) is 0 Å². The molecule has 0 saturated carbocycles. The quantitative estimate of drug-likeness (QED) is 0.268. The third-order valence-corrected chi connectivity index (χ3v) is 4.22. The largest absolute Gasteiger partial charge is 0.464 e. The number of hydrogen-bond acceptors (Lipinski definition) is 3. The van der Waals surface area contributed by atoms with Crippen molar-refractivity contribution in [2.75, 3.05) is 12.8 Å². The fourth-order valence-corrected chi connectivity index (χ4v) is 2.47. The van der Waals surface area contributed by atoms with Crippen LogP contribution in [0.2, 0.25) is 0 Å². The topological polar surface area (TPSA) is 35.5 Å². The van der Waals surface area contributed by atoms with Gasteiger partial charge in [-0.3, -0.25) is 0 Å².